The second kappa shape index (κ2) is 5.97. The quantitative estimate of drug-likeness (QED) is 0.782. The lowest BCUT2D eigenvalue weighted by atomic mass is 10.0. The first kappa shape index (κ1) is 13.6. The van der Waals surface area contributed by atoms with Gasteiger partial charge in [-0.15, -0.1) is 0 Å². The summed E-state index contributed by atoms with van der Waals surface area (Å²) in [5.41, 5.74) is 8.00. The van der Waals surface area contributed by atoms with Crippen molar-refractivity contribution in [2.24, 2.45) is 12.8 Å². The van der Waals surface area contributed by atoms with E-state index in [-0.39, 0.29) is 0 Å². The Bertz CT molecular complexity index is 749. The molecule has 2 aromatic carbocycles. The smallest absolute Gasteiger partial charge is 0.123 e. The first-order chi connectivity index (χ1) is 10.3. The molecular formula is C17H19N3O. The van der Waals surface area contributed by atoms with Crippen LogP contribution in [-0.2, 0) is 20.1 Å². The summed E-state index contributed by atoms with van der Waals surface area (Å²) in [6.45, 7) is 1.13. The second-order valence-electron chi connectivity index (χ2n) is 5.11. The van der Waals surface area contributed by atoms with Crippen molar-refractivity contribution in [3.8, 4) is 5.75 Å². The van der Waals surface area contributed by atoms with Crippen LogP contribution in [0.25, 0.3) is 10.8 Å². The maximum atomic E-state index is 5.99. The predicted molar refractivity (Wildman–Crippen MR) is 84.2 cm³/mol. The van der Waals surface area contributed by atoms with Crippen molar-refractivity contribution in [3.05, 3.63) is 59.9 Å². The number of aryl methyl sites for hydroxylation is 1. The van der Waals surface area contributed by atoms with Crippen LogP contribution in [0.3, 0.4) is 0 Å². The van der Waals surface area contributed by atoms with Crippen molar-refractivity contribution < 1.29 is 4.74 Å². The van der Waals surface area contributed by atoms with Gasteiger partial charge in [0.1, 0.15) is 12.4 Å². The van der Waals surface area contributed by atoms with Crippen LogP contribution in [0.2, 0.25) is 0 Å². The van der Waals surface area contributed by atoms with E-state index in [0.717, 1.165) is 17.7 Å². The lowest BCUT2D eigenvalue weighted by Crippen LogP contribution is -2.06. The van der Waals surface area contributed by atoms with Crippen molar-refractivity contribution in [2.75, 3.05) is 6.54 Å². The molecule has 0 amide bonds. The van der Waals surface area contributed by atoms with Crippen LogP contribution in [-0.4, -0.2) is 16.3 Å². The van der Waals surface area contributed by atoms with Gasteiger partial charge in [-0.3, -0.25) is 4.68 Å². The first-order valence-electron chi connectivity index (χ1n) is 7.09. The molecule has 108 valence electrons. The molecule has 2 N–H and O–H groups in total. The summed E-state index contributed by atoms with van der Waals surface area (Å²) in [5, 5.41) is 6.59. The zero-order valence-electron chi connectivity index (χ0n) is 12.1. The van der Waals surface area contributed by atoms with Gasteiger partial charge in [0.05, 0.1) is 6.20 Å². The van der Waals surface area contributed by atoms with E-state index in [9.17, 15) is 0 Å². The van der Waals surface area contributed by atoms with E-state index in [1.165, 1.54) is 16.3 Å². The molecule has 0 aliphatic rings. The van der Waals surface area contributed by atoms with Gasteiger partial charge < -0.3 is 10.5 Å². The van der Waals surface area contributed by atoms with Gasteiger partial charge in [-0.1, -0.05) is 30.3 Å². The Morgan fingerprint density at radius 1 is 1.19 bits per heavy atom. The maximum absolute atomic E-state index is 5.99. The van der Waals surface area contributed by atoms with E-state index < -0.39 is 0 Å². The summed E-state index contributed by atoms with van der Waals surface area (Å²) in [6.07, 6.45) is 4.59. The fourth-order valence-corrected chi connectivity index (χ4v) is 2.56. The summed E-state index contributed by atoms with van der Waals surface area (Å²) in [6, 6.07) is 12.5. The van der Waals surface area contributed by atoms with Gasteiger partial charge in [-0.05, 0) is 29.8 Å². The molecule has 0 aliphatic carbocycles. The monoisotopic (exact) mass is 281 g/mol. The molecule has 0 unspecified atom stereocenters. The lowest BCUT2D eigenvalue weighted by Gasteiger charge is -2.13. The minimum absolute atomic E-state index is 0.518. The predicted octanol–water partition coefficient (Wildman–Crippen LogP) is 2.65. The van der Waals surface area contributed by atoms with Crippen molar-refractivity contribution in [3.63, 3.8) is 0 Å². The van der Waals surface area contributed by atoms with Gasteiger partial charge in [0.15, 0.2) is 0 Å². The van der Waals surface area contributed by atoms with Crippen molar-refractivity contribution in [1.82, 2.24) is 9.78 Å². The fraction of sp³-hybridized carbons (Fsp3) is 0.235. The first-order valence-corrected chi connectivity index (χ1v) is 7.09. The van der Waals surface area contributed by atoms with Gasteiger partial charge in [0.2, 0.25) is 0 Å². The van der Waals surface area contributed by atoms with E-state index in [0.29, 0.717) is 13.2 Å². The summed E-state index contributed by atoms with van der Waals surface area (Å²) < 4.78 is 7.77. The third-order valence-electron chi connectivity index (χ3n) is 3.54. The van der Waals surface area contributed by atoms with Gasteiger partial charge in [-0.25, -0.2) is 0 Å². The largest absolute Gasteiger partial charge is 0.488 e. The van der Waals surface area contributed by atoms with Gasteiger partial charge in [0, 0.05) is 24.4 Å². The molecule has 1 aromatic heterocycles. The number of nitrogens with two attached hydrogens (primary N) is 1. The molecule has 21 heavy (non-hydrogen) atoms. The molecule has 3 aromatic rings. The number of nitrogens with zero attached hydrogens (tertiary/aromatic N) is 2. The van der Waals surface area contributed by atoms with E-state index in [1.54, 1.807) is 4.68 Å². The van der Waals surface area contributed by atoms with Crippen molar-refractivity contribution >= 4 is 10.8 Å². The lowest BCUT2D eigenvalue weighted by molar-refractivity contribution is 0.303. The Labute approximate surface area is 124 Å². The van der Waals surface area contributed by atoms with Crippen LogP contribution in [0.4, 0.5) is 0 Å². The zero-order chi connectivity index (χ0) is 14.7. The Morgan fingerprint density at radius 2 is 2.05 bits per heavy atom. The molecule has 0 fully saturated rings. The van der Waals surface area contributed by atoms with Crippen molar-refractivity contribution in [2.45, 2.75) is 13.0 Å². The number of aromatic nitrogens is 2. The molecule has 0 spiro atoms. The highest BCUT2D eigenvalue weighted by Gasteiger charge is 2.08. The van der Waals surface area contributed by atoms with Crippen LogP contribution >= 0.6 is 0 Å². The minimum Gasteiger partial charge on any atom is -0.488 e. The zero-order valence-corrected chi connectivity index (χ0v) is 12.1. The number of benzene rings is 2. The molecule has 1 heterocycles. The second-order valence-corrected chi connectivity index (χ2v) is 5.11. The Morgan fingerprint density at radius 3 is 2.81 bits per heavy atom. The standard InChI is InChI=1S/C17H19N3O/c1-20-11-13(10-19-20)12-21-17-7-6-14-4-2-3-5-15(14)16(17)8-9-18/h2-7,10-11H,8-9,12,18H2,1H3. The molecule has 4 heteroatoms. The SMILES string of the molecule is Cn1cc(COc2ccc3ccccc3c2CCN)cn1. The van der Waals surface area contributed by atoms with E-state index >= 15 is 0 Å². The third kappa shape index (κ3) is 2.90. The summed E-state index contributed by atoms with van der Waals surface area (Å²) >= 11 is 0. The van der Waals surface area contributed by atoms with Crippen LogP contribution in [0.1, 0.15) is 11.1 Å². The van der Waals surface area contributed by atoms with E-state index in [4.69, 9.17) is 10.5 Å². The Hall–Kier alpha value is -2.33. The minimum atomic E-state index is 0.518. The summed E-state index contributed by atoms with van der Waals surface area (Å²) in [4.78, 5) is 0. The average molecular weight is 281 g/mol. The molecular weight excluding hydrogens is 262 g/mol. The molecule has 0 bridgehead atoms. The number of rotatable bonds is 5. The number of hydrogen-bond acceptors (Lipinski definition) is 3. The van der Waals surface area contributed by atoms with Gasteiger partial charge in [0.25, 0.3) is 0 Å². The van der Waals surface area contributed by atoms with Crippen LogP contribution in [0.5, 0.6) is 5.75 Å². The highest BCUT2D eigenvalue weighted by molar-refractivity contribution is 5.87. The molecule has 0 saturated carbocycles. The topological polar surface area (TPSA) is 53.1 Å². The van der Waals surface area contributed by atoms with Crippen LogP contribution < -0.4 is 10.5 Å². The average Bonchev–Trinajstić information content (AvgIpc) is 2.92. The van der Waals surface area contributed by atoms with E-state index in [2.05, 4.69) is 23.3 Å². The molecule has 0 saturated heterocycles. The molecule has 3 rings (SSSR count). The van der Waals surface area contributed by atoms with Crippen molar-refractivity contribution in [1.29, 1.82) is 0 Å². The Balaban J connectivity index is 1.91. The number of hydrogen-bond donors (Lipinski definition) is 1. The molecule has 0 atom stereocenters. The molecule has 0 aliphatic heterocycles. The summed E-state index contributed by atoms with van der Waals surface area (Å²) in [5.74, 6) is 0.906. The van der Waals surface area contributed by atoms with Crippen LogP contribution in [0, 0.1) is 0 Å². The van der Waals surface area contributed by atoms with E-state index in [1.807, 2.05) is 37.6 Å². The van der Waals surface area contributed by atoms with Gasteiger partial charge in [-0.2, -0.15) is 5.10 Å². The maximum Gasteiger partial charge on any atom is 0.123 e. The number of ether oxygens (including phenoxy) is 1. The fourth-order valence-electron chi connectivity index (χ4n) is 2.56. The number of fused-ring (bicyclic) bond motifs is 1. The highest BCUT2D eigenvalue weighted by Crippen LogP contribution is 2.29. The third-order valence-corrected chi connectivity index (χ3v) is 3.54. The molecule has 0 radical (unpaired) electrons. The van der Waals surface area contributed by atoms with Crippen LogP contribution in [0.15, 0.2) is 48.8 Å². The molecule has 4 nitrogen and oxygen atoms in total. The Kier molecular flexibility index (Phi) is 3.88. The summed E-state index contributed by atoms with van der Waals surface area (Å²) in [7, 11) is 1.90. The van der Waals surface area contributed by atoms with Gasteiger partial charge >= 0.3 is 0 Å². The normalized spacial score (nSPS) is 11.0. The highest BCUT2D eigenvalue weighted by atomic mass is 16.5.